The number of carbonyl (C=O) groups is 1. The molecule has 0 bridgehead atoms. The quantitative estimate of drug-likeness (QED) is 0.810. The number of fused-ring (bicyclic) bond motifs is 1. The van der Waals surface area contributed by atoms with E-state index in [1.54, 1.807) is 11.3 Å². The Morgan fingerprint density at radius 3 is 2.62 bits per heavy atom. The van der Waals surface area contributed by atoms with Gasteiger partial charge >= 0.3 is 0 Å². The summed E-state index contributed by atoms with van der Waals surface area (Å²) in [4.78, 5) is 14.2. The van der Waals surface area contributed by atoms with E-state index in [4.69, 9.17) is 5.73 Å². The first-order valence-electron chi connectivity index (χ1n) is 9.63. The topological polar surface area (TPSA) is 55.1 Å². The molecule has 0 unspecified atom stereocenters. The molecule has 0 aliphatic heterocycles. The van der Waals surface area contributed by atoms with Gasteiger partial charge in [-0.1, -0.05) is 46.5 Å². The van der Waals surface area contributed by atoms with E-state index in [-0.39, 0.29) is 5.91 Å². The Balaban J connectivity index is 1.76. The second-order valence-corrected chi connectivity index (χ2v) is 9.47. The summed E-state index contributed by atoms with van der Waals surface area (Å²) in [6, 6.07) is 0.344. The van der Waals surface area contributed by atoms with E-state index in [9.17, 15) is 4.79 Å². The van der Waals surface area contributed by atoms with Gasteiger partial charge in [-0.2, -0.15) is 0 Å². The summed E-state index contributed by atoms with van der Waals surface area (Å²) < 4.78 is 0. The summed E-state index contributed by atoms with van der Waals surface area (Å²) in [6.07, 6.45) is 10.5. The van der Waals surface area contributed by atoms with Crippen molar-refractivity contribution in [2.24, 2.45) is 11.3 Å². The van der Waals surface area contributed by atoms with Gasteiger partial charge in [-0.25, -0.2) is 0 Å². The highest BCUT2D eigenvalue weighted by Crippen LogP contribution is 2.44. The van der Waals surface area contributed by atoms with Crippen molar-refractivity contribution in [2.45, 2.75) is 84.6 Å². The molecular formula is C20H32N2OS. The summed E-state index contributed by atoms with van der Waals surface area (Å²) in [5.41, 5.74) is 8.68. The number of rotatable bonds is 4. The minimum absolute atomic E-state index is 0.0742. The zero-order valence-electron chi connectivity index (χ0n) is 15.4. The number of nitrogen functional groups attached to an aromatic ring is 1. The van der Waals surface area contributed by atoms with Crippen LogP contribution in [0.4, 0.5) is 5.00 Å². The molecule has 1 atom stereocenters. The number of amides is 1. The van der Waals surface area contributed by atoms with Gasteiger partial charge < -0.3 is 11.1 Å². The average molecular weight is 349 g/mol. The second-order valence-electron chi connectivity index (χ2n) is 8.33. The van der Waals surface area contributed by atoms with Gasteiger partial charge in [-0.05, 0) is 49.0 Å². The largest absolute Gasteiger partial charge is 0.390 e. The zero-order valence-corrected chi connectivity index (χ0v) is 16.2. The van der Waals surface area contributed by atoms with Gasteiger partial charge in [0.25, 0.3) is 5.91 Å². The van der Waals surface area contributed by atoms with Crippen LogP contribution < -0.4 is 11.1 Å². The maximum Gasteiger partial charge on any atom is 0.254 e. The molecule has 1 saturated carbocycles. The second kappa shape index (κ2) is 7.07. The molecule has 2 aliphatic rings. The van der Waals surface area contributed by atoms with Crippen molar-refractivity contribution in [3.05, 3.63) is 16.0 Å². The maximum atomic E-state index is 12.8. The lowest BCUT2D eigenvalue weighted by Gasteiger charge is -2.36. The molecule has 134 valence electrons. The van der Waals surface area contributed by atoms with Crippen LogP contribution in [-0.4, -0.2) is 11.9 Å². The molecule has 3 N–H and O–H groups in total. The van der Waals surface area contributed by atoms with Crippen LogP contribution in [-0.2, 0) is 12.8 Å². The van der Waals surface area contributed by atoms with Gasteiger partial charge in [-0.3, -0.25) is 4.79 Å². The molecule has 2 aliphatic carbocycles. The van der Waals surface area contributed by atoms with Gasteiger partial charge in [0.2, 0.25) is 0 Å². The molecule has 0 spiro atoms. The highest BCUT2D eigenvalue weighted by atomic mass is 32.1. The van der Waals surface area contributed by atoms with Gasteiger partial charge in [0.05, 0.1) is 10.6 Å². The van der Waals surface area contributed by atoms with Crippen molar-refractivity contribution >= 4 is 22.2 Å². The highest BCUT2D eigenvalue weighted by Gasteiger charge is 2.35. The van der Waals surface area contributed by atoms with Gasteiger partial charge in [0.15, 0.2) is 0 Å². The number of hydrogen-bond acceptors (Lipinski definition) is 3. The first kappa shape index (κ1) is 17.8. The van der Waals surface area contributed by atoms with Crippen LogP contribution >= 0.6 is 11.3 Å². The monoisotopic (exact) mass is 348 g/mol. The lowest BCUT2D eigenvalue weighted by atomic mass is 9.69. The molecule has 1 amide bonds. The van der Waals surface area contributed by atoms with Gasteiger partial charge in [0, 0.05) is 10.9 Å². The molecule has 24 heavy (non-hydrogen) atoms. The maximum absolute atomic E-state index is 12.8. The molecule has 1 aromatic rings. The number of anilines is 1. The Labute approximate surface area is 150 Å². The summed E-state index contributed by atoms with van der Waals surface area (Å²) in [5.74, 6) is 0.771. The standard InChI is InChI=1S/C20H32N2OS/c1-4-20(2,3)13-10-11-15-16(12-13)24-18(21)17(15)19(23)22-14-8-6-5-7-9-14/h13-14H,4-12,21H2,1-3H3,(H,22,23)/t13-/m0/s1. The molecule has 0 radical (unpaired) electrons. The van der Waals surface area contributed by atoms with Crippen LogP contribution in [0.15, 0.2) is 0 Å². The third kappa shape index (κ3) is 3.49. The molecule has 1 fully saturated rings. The highest BCUT2D eigenvalue weighted by molar-refractivity contribution is 7.16. The Kier molecular flexibility index (Phi) is 5.24. The summed E-state index contributed by atoms with van der Waals surface area (Å²) in [6.45, 7) is 7.02. The van der Waals surface area contributed by atoms with E-state index >= 15 is 0 Å². The number of thiophene rings is 1. The molecule has 0 aromatic carbocycles. The lowest BCUT2D eigenvalue weighted by molar-refractivity contribution is 0.0927. The van der Waals surface area contributed by atoms with Crippen molar-refractivity contribution < 1.29 is 4.79 Å². The van der Waals surface area contributed by atoms with Crippen molar-refractivity contribution in [1.29, 1.82) is 0 Å². The predicted octanol–water partition coefficient (Wildman–Crippen LogP) is 4.93. The fourth-order valence-electron chi connectivity index (χ4n) is 4.32. The van der Waals surface area contributed by atoms with E-state index in [1.807, 2.05) is 0 Å². The molecule has 3 rings (SSSR count). The molecule has 1 aromatic heterocycles. The van der Waals surface area contributed by atoms with Crippen molar-refractivity contribution in [1.82, 2.24) is 5.32 Å². The van der Waals surface area contributed by atoms with E-state index in [2.05, 4.69) is 26.1 Å². The van der Waals surface area contributed by atoms with Crippen molar-refractivity contribution in [3.63, 3.8) is 0 Å². The third-order valence-electron chi connectivity index (χ3n) is 6.48. The van der Waals surface area contributed by atoms with Gasteiger partial charge in [-0.15, -0.1) is 11.3 Å². The zero-order chi connectivity index (χ0) is 17.3. The molecule has 0 saturated heterocycles. The number of carbonyl (C=O) groups excluding carboxylic acids is 1. The molecule has 1 heterocycles. The van der Waals surface area contributed by atoms with Crippen LogP contribution in [0, 0.1) is 11.3 Å². The minimum Gasteiger partial charge on any atom is -0.390 e. The minimum atomic E-state index is 0.0742. The van der Waals surface area contributed by atoms with Crippen molar-refractivity contribution in [3.8, 4) is 0 Å². The van der Waals surface area contributed by atoms with Crippen LogP contribution in [0.5, 0.6) is 0 Å². The van der Waals surface area contributed by atoms with Crippen LogP contribution in [0.1, 0.15) is 86.5 Å². The molecular weight excluding hydrogens is 316 g/mol. The molecule has 3 nitrogen and oxygen atoms in total. The Hall–Kier alpha value is -1.03. The number of hydrogen-bond donors (Lipinski definition) is 2. The Bertz CT molecular complexity index is 599. The first-order valence-corrected chi connectivity index (χ1v) is 10.4. The summed E-state index contributed by atoms with van der Waals surface area (Å²) in [5, 5.41) is 3.98. The van der Waals surface area contributed by atoms with E-state index in [0.717, 1.165) is 36.2 Å². The van der Waals surface area contributed by atoms with Crippen LogP contribution in [0.25, 0.3) is 0 Å². The van der Waals surface area contributed by atoms with Crippen LogP contribution in [0.3, 0.4) is 0 Å². The van der Waals surface area contributed by atoms with Gasteiger partial charge in [0.1, 0.15) is 0 Å². The smallest absolute Gasteiger partial charge is 0.254 e. The van der Waals surface area contributed by atoms with E-state index in [1.165, 1.54) is 42.5 Å². The summed E-state index contributed by atoms with van der Waals surface area (Å²) in [7, 11) is 0. The summed E-state index contributed by atoms with van der Waals surface area (Å²) >= 11 is 1.65. The third-order valence-corrected chi connectivity index (χ3v) is 7.56. The Morgan fingerprint density at radius 1 is 1.25 bits per heavy atom. The van der Waals surface area contributed by atoms with Crippen LogP contribution in [0.2, 0.25) is 0 Å². The molecule has 4 heteroatoms. The predicted molar refractivity (Wildman–Crippen MR) is 103 cm³/mol. The normalized spacial score (nSPS) is 22.2. The number of nitrogens with two attached hydrogens (primary N) is 1. The first-order chi connectivity index (χ1) is 11.4. The van der Waals surface area contributed by atoms with E-state index in [0.29, 0.717) is 17.4 Å². The lowest BCUT2D eigenvalue weighted by Crippen LogP contribution is -2.37. The van der Waals surface area contributed by atoms with Crippen molar-refractivity contribution in [2.75, 3.05) is 5.73 Å². The fraction of sp³-hybridized carbons (Fsp3) is 0.750. The SMILES string of the molecule is CCC(C)(C)[C@H]1CCc2c(sc(N)c2C(=O)NC2CCCCC2)C1. The number of nitrogens with one attached hydrogen (secondary N) is 1. The van der Waals surface area contributed by atoms with E-state index < -0.39 is 0 Å². The fourth-order valence-corrected chi connectivity index (χ4v) is 5.51. The Morgan fingerprint density at radius 2 is 1.96 bits per heavy atom. The average Bonchev–Trinajstić information content (AvgIpc) is 2.90.